The van der Waals surface area contributed by atoms with E-state index in [4.69, 9.17) is 0 Å². The van der Waals surface area contributed by atoms with Crippen molar-refractivity contribution in [3.63, 3.8) is 0 Å². The Hall–Kier alpha value is -2.06. The Bertz CT molecular complexity index is 605. The average Bonchev–Trinajstić information content (AvgIpc) is 2.56. The van der Waals surface area contributed by atoms with E-state index in [9.17, 15) is 0 Å². The van der Waals surface area contributed by atoms with Crippen LogP contribution < -0.4 is 5.32 Å². The van der Waals surface area contributed by atoms with Gasteiger partial charge in [0.1, 0.15) is 0 Å². The minimum atomic E-state index is 1.04. The molecule has 1 N–H and O–H groups in total. The van der Waals surface area contributed by atoms with Gasteiger partial charge in [0.05, 0.1) is 0 Å². The van der Waals surface area contributed by atoms with E-state index >= 15 is 0 Å². The molecule has 2 aromatic carbocycles. The number of rotatable bonds is 3. The molecule has 0 unspecified atom stereocenters. The summed E-state index contributed by atoms with van der Waals surface area (Å²) < 4.78 is 0. The molecule has 1 fully saturated rings. The third-order valence-electron chi connectivity index (χ3n) is 4.10. The fourth-order valence-electron chi connectivity index (χ4n) is 2.72. The summed E-state index contributed by atoms with van der Waals surface area (Å²) in [6.07, 6.45) is 0. The maximum absolute atomic E-state index is 4.26. The van der Waals surface area contributed by atoms with Crippen molar-refractivity contribution >= 4 is 5.70 Å². The molecule has 2 aromatic rings. The normalized spacial score (nSPS) is 15.0. The molecule has 1 heterocycles. The van der Waals surface area contributed by atoms with Gasteiger partial charge < -0.3 is 10.2 Å². The Morgan fingerprint density at radius 1 is 0.905 bits per heavy atom. The average molecular weight is 278 g/mol. The maximum atomic E-state index is 4.26. The molecule has 0 amide bonds. The van der Waals surface area contributed by atoms with Crippen LogP contribution in [0.25, 0.3) is 16.8 Å². The molecule has 0 spiro atoms. The largest absolute Gasteiger partial charge is 0.369 e. The first kappa shape index (κ1) is 13.9. The molecule has 1 aliphatic rings. The molecule has 1 aliphatic heterocycles. The summed E-state index contributed by atoms with van der Waals surface area (Å²) in [5.41, 5.74) is 6.16. The summed E-state index contributed by atoms with van der Waals surface area (Å²) >= 11 is 0. The fourth-order valence-corrected chi connectivity index (χ4v) is 2.72. The molecule has 2 heteroatoms. The second-order valence-corrected chi connectivity index (χ2v) is 5.63. The third kappa shape index (κ3) is 3.17. The maximum Gasteiger partial charge on any atom is 0.0367 e. The van der Waals surface area contributed by atoms with E-state index in [2.05, 4.69) is 72.3 Å². The van der Waals surface area contributed by atoms with Gasteiger partial charge in [-0.05, 0) is 23.6 Å². The van der Waals surface area contributed by atoms with Crippen molar-refractivity contribution in [3.05, 3.63) is 66.2 Å². The number of piperazine rings is 1. The van der Waals surface area contributed by atoms with Crippen LogP contribution in [0.3, 0.4) is 0 Å². The number of aryl methyl sites for hydroxylation is 1. The lowest BCUT2D eigenvalue weighted by Gasteiger charge is -2.31. The van der Waals surface area contributed by atoms with Gasteiger partial charge in [-0.3, -0.25) is 0 Å². The van der Waals surface area contributed by atoms with Crippen LogP contribution in [-0.4, -0.2) is 31.1 Å². The van der Waals surface area contributed by atoms with Crippen LogP contribution >= 0.6 is 0 Å². The topological polar surface area (TPSA) is 15.3 Å². The van der Waals surface area contributed by atoms with Gasteiger partial charge in [-0.1, -0.05) is 60.7 Å². The first-order valence-corrected chi connectivity index (χ1v) is 7.56. The van der Waals surface area contributed by atoms with Crippen molar-refractivity contribution in [1.29, 1.82) is 0 Å². The van der Waals surface area contributed by atoms with Gasteiger partial charge in [0.15, 0.2) is 0 Å². The molecule has 3 rings (SSSR count). The molecule has 21 heavy (non-hydrogen) atoms. The SMILES string of the molecule is C=C(c1ccc(-c2ccc(C)cc2)cc1)N1CCNCC1. The summed E-state index contributed by atoms with van der Waals surface area (Å²) in [5, 5.41) is 3.37. The van der Waals surface area contributed by atoms with Crippen molar-refractivity contribution in [2.24, 2.45) is 0 Å². The zero-order valence-corrected chi connectivity index (χ0v) is 12.6. The molecular weight excluding hydrogens is 256 g/mol. The summed E-state index contributed by atoms with van der Waals surface area (Å²) in [4.78, 5) is 2.36. The highest BCUT2D eigenvalue weighted by Crippen LogP contribution is 2.24. The molecule has 0 bridgehead atoms. The summed E-state index contributed by atoms with van der Waals surface area (Å²) in [7, 11) is 0. The van der Waals surface area contributed by atoms with Gasteiger partial charge in [0.2, 0.25) is 0 Å². The zero-order valence-electron chi connectivity index (χ0n) is 12.6. The molecule has 0 radical (unpaired) electrons. The molecule has 0 saturated carbocycles. The monoisotopic (exact) mass is 278 g/mol. The van der Waals surface area contributed by atoms with Crippen LogP contribution in [0, 0.1) is 6.92 Å². The van der Waals surface area contributed by atoms with Gasteiger partial charge in [-0.15, -0.1) is 0 Å². The molecule has 108 valence electrons. The van der Waals surface area contributed by atoms with E-state index in [-0.39, 0.29) is 0 Å². The van der Waals surface area contributed by atoms with Crippen molar-refractivity contribution in [1.82, 2.24) is 10.2 Å². The van der Waals surface area contributed by atoms with Gasteiger partial charge >= 0.3 is 0 Å². The van der Waals surface area contributed by atoms with E-state index in [0.717, 1.165) is 31.9 Å². The first-order valence-electron chi connectivity index (χ1n) is 7.56. The smallest absolute Gasteiger partial charge is 0.0367 e. The van der Waals surface area contributed by atoms with Gasteiger partial charge in [0.25, 0.3) is 0 Å². The Morgan fingerprint density at radius 3 is 2.00 bits per heavy atom. The van der Waals surface area contributed by atoms with Crippen LogP contribution in [0.15, 0.2) is 55.1 Å². The predicted octanol–water partition coefficient (Wildman–Crippen LogP) is 3.54. The van der Waals surface area contributed by atoms with Gasteiger partial charge in [-0.2, -0.15) is 0 Å². The Kier molecular flexibility index (Phi) is 4.07. The number of benzene rings is 2. The van der Waals surface area contributed by atoms with Crippen LogP contribution in [-0.2, 0) is 0 Å². The van der Waals surface area contributed by atoms with Gasteiger partial charge in [-0.25, -0.2) is 0 Å². The van der Waals surface area contributed by atoms with Crippen LogP contribution in [0.2, 0.25) is 0 Å². The Morgan fingerprint density at radius 2 is 1.43 bits per heavy atom. The number of hydrogen-bond donors (Lipinski definition) is 1. The summed E-state index contributed by atoms with van der Waals surface area (Å²) in [6.45, 7) is 10.5. The minimum Gasteiger partial charge on any atom is -0.369 e. The van der Waals surface area contributed by atoms with Crippen LogP contribution in [0.1, 0.15) is 11.1 Å². The lowest BCUT2D eigenvalue weighted by molar-refractivity contribution is 0.341. The lowest BCUT2D eigenvalue weighted by Crippen LogP contribution is -2.42. The fraction of sp³-hybridized carbons (Fsp3) is 0.263. The van der Waals surface area contributed by atoms with Crippen LogP contribution in [0.4, 0.5) is 0 Å². The minimum absolute atomic E-state index is 1.04. The van der Waals surface area contributed by atoms with E-state index in [1.54, 1.807) is 0 Å². The number of hydrogen-bond acceptors (Lipinski definition) is 2. The molecule has 2 nitrogen and oxygen atoms in total. The van der Waals surface area contributed by atoms with E-state index in [0.29, 0.717) is 0 Å². The zero-order chi connectivity index (χ0) is 14.7. The second kappa shape index (κ2) is 6.15. The molecule has 0 aromatic heterocycles. The number of nitrogens with one attached hydrogen (secondary N) is 1. The molecule has 0 aliphatic carbocycles. The van der Waals surface area contributed by atoms with Gasteiger partial charge in [0, 0.05) is 31.9 Å². The lowest BCUT2D eigenvalue weighted by atomic mass is 10.0. The molecular formula is C19H22N2. The third-order valence-corrected chi connectivity index (χ3v) is 4.10. The van der Waals surface area contributed by atoms with E-state index < -0.39 is 0 Å². The highest BCUT2D eigenvalue weighted by atomic mass is 15.2. The Balaban J connectivity index is 1.77. The van der Waals surface area contributed by atoms with Crippen molar-refractivity contribution in [3.8, 4) is 11.1 Å². The van der Waals surface area contributed by atoms with Crippen molar-refractivity contribution in [2.45, 2.75) is 6.92 Å². The van der Waals surface area contributed by atoms with Crippen molar-refractivity contribution in [2.75, 3.05) is 26.2 Å². The first-order chi connectivity index (χ1) is 10.2. The van der Waals surface area contributed by atoms with E-state index in [1.807, 2.05) is 0 Å². The molecule has 0 atom stereocenters. The quantitative estimate of drug-likeness (QED) is 0.924. The molecule has 1 saturated heterocycles. The predicted molar refractivity (Wildman–Crippen MR) is 90.1 cm³/mol. The highest BCUT2D eigenvalue weighted by molar-refractivity contribution is 5.69. The highest BCUT2D eigenvalue weighted by Gasteiger charge is 2.12. The van der Waals surface area contributed by atoms with Crippen LogP contribution in [0.5, 0.6) is 0 Å². The standard InChI is InChI=1S/C19H22N2/c1-15-3-5-18(6-4-15)19-9-7-17(8-10-19)16(2)21-13-11-20-12-14-21/h3-10,20H,2,11-14H2,1H3. The second-order valence-electron chi connectivity index (χ2n) is 5.63. The summed E-state index contributed by atoms with van der Waals surface area (Å²) in [5.74, 6) is 0. The number of nitrogens with zero attached hydrogens (tertiary/aromatic N) is 1. The van der Waals surface area contributed by atoms with Crippen molar-refractivity contribution < 1.29 is 0 Å². The summed E-state index contributed by atoms with van der Waals surface area (Å²) in [6, 6.07) is 17.4. The van der Waals surface area contributed by atoms with E-state index in [1.165, 1.54) is 22.3 Å². The Labute approximate surface area is 127 Å².